The SMILES string of the molecule is N#C/C(=C\c1ccccc1OC(F)F)C(=O)NCc1ccccc1. The topological polar surface area (TPSA) is 62.1 Å². The van der Waals surface area contributed by atoms with Gasteiger partial charge in [-0.25, -0.2) is 0 Å². The Morgan fingerprint density at radius 3 is 2.50 bits per heavy atom. The summed E-state index contributed by atoms with van der Waals surface area (Å²) in [6.45, 7) is -2.73. The number of hydrogen-bond donors (Lipinski definition) is 1. The van der Waals surface area contributed by atoms with Crippen molar-refractivity contribution < 1.29 is 18.3 Å². The van der Waals surface area contributed by atoms with Gasteiger partial charge in [0.25, 0.3) is 5.91 Å². The molecule has 122 valence electrons. The molecule has 0 aliphatic heterocycles. The number of benzene rings is 2. The van der Waals surface area contributed by atoms with Crippen LogP contribution in [0.1, 0.15) is 11.1 Å². The molecule has 0 heterocycles. The summed E-state index contributed by atoms with van der Waals surface area (Å²) in [5.74, 6) is -0.690. The van der Waals surface area contributed by atoms with E-state index in [2.05, 4.69) is 10.1 Å². The first-order valence-corrected chi connectivity index (χ1v) is 7.08. The van der Waals surface area contributed by atoms with Gasteiger partial charge in [-0.05, 0) is 17.7 Å². The number of nitriles is 1. The molecule has 6 heteroatoms. The van der Waals surface area contributed by atoms with E-state index in [0.29, 0.717) is 0 Å². The van der Waals surface area contributed by atoms with Crippen LogP contribution in [0.15, 0.2) is 60.2 Å². The molecule has 0 radical (unpaired) electrons. The highest BCUT2D eigenvalue weighted by Gasteiger charge is 2.12. The second-order valence-corrected chi connectivity index (χ2v) is 4.75. The zero-order chi connectivity index (χ0) is 17.4. The molecule has 2 aromatic carbocycles. The fourth-order valence-corrected chi connectivity index (χ4v) is 1.98. The molecule has 24 heavy (non-hydrogen) atoms. The molecule has 1 N–H and O–H groups in total. The van der Waals surface area contributed by atoms with E-state index >= 15 is 0 Å². The molecule has 1 amide bonds. The zero-order valence-electron chi connectivity index (χ0n) is 12.6. The molecule has 4 nitrogen and oxygen atoms in total. The van der Waals surface area contributed by atoms with Gasteiger partial charge in [0.2, 0.25) is 0 Å². The maximum atomic E-state index is 12.4. The highest BCUT2D eigenvalue weighted by molar-refractivity contribution is 6.01. The molecule has 0 unspecified atom stereocenters. The van der Waals surface area contributed by atoms with Gasteiger partial charge >= 0.3 is 6.61 Å². The smallest absolute Gasteiger partial charge is 0.387 e. The lowest BCUT2D eigenvalue weighted by molar-refractivity contribution is -0.117. The average Bonchev–Trinajstić information content (AvgIpc) is 2.59. The van der Waals surface area contributed by atoms with Gasteiger partial charge in [0, 0.05) is 12.1 Å². The van der Waals surface area contributed by atoms with Crippen molar-refractivity contribution in [3.05, 3.63) is 71.3 Å². The van der Waals surface area contributed by atoms with E-state index in [4.69, 9.17) is 5.26 Å². The van der Waals surface area contributed by atoms with E-state index in [9.17, 15) is 13.6 Å². The van der Waals surface area contributed by atoms with Gasteiger partial charge in [-0.15, -0.1) is 0 Å². The maximum absolute atomic E-state index is 12.4. The summed E-state index contributed by atoms with van der Waals surface area (Å²) in [6.07, 6.45) is 1.22. The first-order chi connectivity index (χ1) is 11.6. The summed E-state index contributed by atoms with van der Waals surface area (Å²) in [7, 11) is 0. The number of carbonyl (C=O) groups excluding carboxylic acids is 1. The maximum Gasteiger partial charge on any atom is 0.387 e. The first kappa shape index (κ1) is 17.2. The van der Waals surface area contributed by atoms with Crippen molar-refractivity contribution >= 4 is 12.0 Å². The minimum Gasteiger partial charge on any atom is -0.434 e. The number of ether oxygens (including phenoxy) is 1. The summed E-state index contributed by atoms with van der Waals surface area (Å²) < 4.78 is 29.2. The van der Waals surface area contributed by atoms with Crippen molar-refractivity contribution in [3.8, 4) is 11.8 Å². The largest absolute Gasteiger partial charge is 0.434 e. The highest BCUT2D eigenvalue weighted by Crippen LogP contribution is 2.22. The van der Waals surface area contributed by atoms with E-state index in [0.717, 1.165) is 5.56 Å². The van der Waals surface area contributed by atoms with Crippen LogP contribution in [0.2, 0.25) is 0 Å². The summed E-state index contributed by atoms with van der Waals surface area (Å²) in [5.41, 5.74) is 0.907. The minimum absolute atomic E-state index is 0.101. The Hall–Kier alpha value is -3.20. The molecule has 0 saturated heterocycles. The van der Waals surface area contributed by atoms with Crippen molar-refractivity contribution in [2.75, 3.05) is 0 Å². The molecular weight excluding hydrogens is 314 g/mol. The van der Waals surface area contributed by atoms with Crippen molar-refractivity contribution in [2.24, 2.45) is 0 Å². The molecule has 2 aromatic rings. The highest BCUT2D eigenvalue weighted by atomic mass is 19.3. The Bertz CT molecular complexity index is 768. The van der Waals surface area contributed by atoms with Gasteiger partial charge in [0.1, 0.15) is 17.4 Å². The van der Waals surface area contributed by atoms with Gasteiger partial charge in [0.05, 0.1) is 0 Å². The summed E-state index contributed by atoms with van der Waals surface area (Å²) >= 11 is 0. The van der Waals surface area contributed by atoms with Crippen LogP contribution >= 0.6 is 0 Å². The predicted molar refractivity (Wildman–Crippen MR) is 85.0 cm³/mol. The molecule has 0 bridgehead atoms. The average molecular weight is 328 g/mol. The van der Waals surface area contributed by atoms with Crippen LogP contribution in [-0.4, -0.2) is 12.5 Å². The van der Waals surface area contributed by atoms with E-state index in [1.165, 1.54) is 24.3 Å². The van der Waals surface area contributed by atoms with Crippen LogP contribution in [0, 0.1) is 11.3 Å². The van der Waals surface area contributed by atoms with Gasteiger partial charge in [0.15, 0.2) is 0 Å². The summed E-state index contributed by atoms with van der Waals surface area (Å²) in [4.78, 5) is 12.1. The molecule has 0 saturated carbocycles. The normalized spacial score (nSPS) is 11.0. The zero-order valence-corrected chi connectivity index (χ0v) is 12.6. The van der Waals surface area contributed by atoms with E-state index in [1.807, 2.05) is 30.3 Å². The molecular formula is C18H14F2N2O2. The number of para-hydroxylation sites is 1. The summed E-state index contributed by atoms with van der Waals surface area (Å²) in [6, 6.07) is 16.9. The molecule has 0 fully saturated rings. The van der Waals surface area contributed by atoms with E-state index in [-0.39, 0.29) is 23.4 Å². The van der Waals surface area contributed by atoms with Crippen molar-refractivity contribution in [3.63, 3.8) is 0 Å². The quantitative estimate of drug-likeness (QED) is 0.652. The number of halogens is 2. The van der Waals surface area contributed by atoms with Crippen molar-refractivity contribution in [2.45, 2.75) is 13.2 Å². The van der Waals surface area contributed by atoms with Gasteiger partial charge in [-0.3, -0.25) is 4.79 Å². The van der Waals surface area contributed by atoms with E-state index in [1.54, 1.807) is 12.1 Å². The number of hydrogen-bond acceptors (Lipinski definition) is 3. The standard InChI is InChI=1S/C18H14F2N2O2/c19-18(20)24-16-9-5-4-8-14(16)10-15(11-21)17(23)22-12-13-6-2-1-3-7-13/h1-10,18H,12H2,(H,22,23)/b15-10+. The number of nitrogens with zero attached hydrogens (tertiary/aromatic N) is 1. The Labute approximate surface area is 138 Å². The Morgan fingerprint density at radius 1 is 1.17 bits per heavy atom. The molecule has 0 aromatic heterocycles. The predicted octanol–water partition coefficient (Wildman–Crippen LogP) is 3.51. The first-order valence-electron chi connectivity index (χ1n) is 7.08. The van der Waals surface area contributed by atoms with E-state index < -0.39 is 12.5 Å². The third-order valence-electron chi connectivity index (χ3n) is 3.10. The molecule has 0 aliphatic rings. The van der Waals surface area contributed by atoms with Gasteiger partial charge in [-0.1, -0.05) is 48.5 Å². The lowest BCUT2D eigenvalue weighted by Gasteiger charge is -2.08. The molecule has 2 rings (SSSR count). The fourth-order valence-electron chi connectivity index (χ4n) is 1.98. The molecule has 0 spiro atoms. The Morgan fingerprint density at radius 2 is 1.83 bits per heavy atom. The van der Waals surface area contributed by atoms with Crippen molar-refractivity contribution in [1.29, 1.82) is 5.26 Å². The summed E-state index contributed by atoms with van der Waals surface area (Å²) in [5, 5.41) is 11.8. The van der Waals surface area contributed by atoms with Crippen LogP contribution in [0.3, 0.4) is 0 Å². The molecule has 0 atom stereocenters. The number of nitrogens with one attached hydrogen (secondary N) is 1. The van der Waals surface area contributed by atoms with Crippen LogP contribution < -0.4 is 10.1 Å². The lowest BCUT2D eigenvalue weighted by Crippen LogP contribution is -2.23. The fraction of sp³-hybridized carbons (Fsp3) is 0.111. The molecule has 0 aliphatic carbocycles. The second kappa shape index (κ2) is 8.44. The number of rotatable bonds is 6. The van der Waals surface area contributed by atoms with Gasteiger partial charge < -0.3 is 10.1 Å². The number of carbonyl (C=O) groups is 1. The Balaban J connectivity index is 2.14. The Kier molecular flexibility index (Phi) is 6.03. The number of alkyl halides is 2. The lowest BCUT2D eigenvalue weighted by atomic mass is 10.1. The van der Waals surface area contributed by atoms with Gasteiger partial charge in [-0.2, -0.15) is 14.0 Å². The minimum atomic E-state index is -2.99. The second-order valence-electron chi connectivity index (χ2n) is 4.75. The third kappa shape index (κ3) is 4.92. The monoisotopic (exact) mass is 328 g/mol. The number of amides is 1. The van der Waals surface area contributed by atoms with Crippen LogP contribution in [0.5, 0.6) is 5.75 Å². The van der Waals surface area contributed by atoms with Crippen LogP contribution in [-0.2, 0) is 11.3 Å². The van der Waals surface area contributed by atoms with Crippen molar-refractivity contribution in [1.82, 2.24) is 5.32 Å². The van der Waals surface area contributed by atoms with Crippen LogP contribution in [0.4, 0.5) is 8.78 Å². The van der Waals surface area contributed by atoms with Crippen LogP contribution in [0.25, 0.3) is 6.08 Å². The third-order valence-corrected chi connectivity index (χ3v) is 3.10.